The lowest BCUT2D eigenvalue weighted by molar-refractivity contribution is -0.126. The van der Waals surface area contributed by atoms with Crippen molar-refractivity contribution in [1.82, 2.24) is 16.2 Å². The zero-order valence-corrected chi connectivity index (χ0v) is 11.6. The van der Waals surface area contributed by atoms with Crippen molar-refractivity contribution in [3.63, 3.8) is 0 Å². The third-order valence-electron chi connectivity index (χ3n) is 2.85. The molecule has 0 atom stereocenters. The summed E-state index contributed by atoms with van der Waals surface area (Å²) in [6, 6.07) is 6.56. The van der Waals surface area contributed by atoms with Gasteiger partial charge in [0.15, 0.2) is 0 Å². The summed E-state index contributed by atoms with van der Waals surface area (Å²) in [5.74, 6) is 0.138. The molecule has 120 valence electrons. The molecule has 0 spiro atoms. The number of para-hydroxylation sites is 1. The summed E-state index contributed by atoms with van der Waals surface area (Å²) in [5.41, 5.74) is 4.65. The molecule has 1 heterocycles. The number of halogens is 3. The largest absolute Gasteiger partial charge is 0.402 e. The van der Waals surface area contributed by atoms with Gasteiger partial charge in [0.2, 0.25) is 0 Å². The highest BCUT2D eigenvalue weighted by atomic mass is 19.4. The molecule has 0 saturated carbocycles. The Balaban J connectivity index is 1.93. The molecule has 0 radical (unpaired) electrons. The minimum absolute atomic E-state index is 0.246. The van der Waals surface area contributed by atoms with Crippen LogP contribution in [0.2, 0.25) is 0 Å². The molecule has 1 aromatic rings. The number of carbonyl (C=O) groups excluding carboxylic acids is 1. The maximum atomic E-state index is 12.0. The molecule has 0 aliphatic carbocycles. The second kappa shape index (κ2) is 7.12. The Bertz CT molecular complexity index is 559. The molecule has 1 amide bonds. The van der Waals surface area contributed by atoms with E-state index in [2.05, 4.69) is 15.6 Å². The second-order valence-corrected chi connectivity index (χ2v) is 4.58. The number of hydrogen-bond donors (Lipinski definition) is 4. The average molecular weight is 315 g/mol. The predicted octanol–water partition coefficient (Wildman–Crippen LogP) is 0.897. The van der Waals surface area contributed by atoms with E-state index in [0.29, 0.717) is 18.8 Å². The lowest BCUT2D eigenvalue weighted by Gasteiger charge is -2.13. The molecule has 2 rings (SSSR count). The maximum Gasteiger partial charge on any atom is 0.402 e. The van der Waals surface area contributed by atoms with Gasteiger partial charge in [0.1, 0.15) is 12.4 Å². The molecule has 0 bridgehead atoms. The second-order valence-electron chi connectivity index (χ2n) is 4.58. The van der Waals surface area contributed by atoms with Gasteiger partial charge in [-0.15, -0.1) is 0 Å². The first kappa shape index (κ1) is 16.1. The molecule has 0 fully saturated rings. The van der Waals surface area contributed by atoms with Crippen LogP contribution in [0.15, 0.2) is 29.3 Å². The van der Waals surface area contributed by atoms with Crippen molar-refractivity contribution in [2.45, 2.75) is 6.18 Å². The number of nitrogens with one attached hydrogen (secondary N) is 4. The lowest BCUT2D eigenvalue weighted by Crippen LogP contribution is -2.43. The predicted molar refractivity (Wildman–Crippen MR) is 76.8 cm³/mol. The van der Waals surface area contributed by atoms with Crippen LogP contribution in [0.4, 0.5) is 18.9 Å². The van der Waals surface area contributed by atoms with Gasteiger partial charge < -0.3 is 10.6 Å². The minimum Gasteiger partial charge on any atom is -0.377 e. The van der Waals surface area contributed by atoms with Gasteiger partial charge in [-0.3, -0.25) is 15.2 Å². The average Bonchev–Trinajstić information content (AvgIpc) is 2.97. The van der Waals surface area contributed by atoms with Gasteiger partial charge in [0, 0.05) is 12.2 Å². The Labute approximate surface area is 125 Å². The number of amidine groups is 1. The van der Waals surface area contributed by atoms with Crippen molar-refractivity contribution in [2.24, 2.45) is 4.99 Å². The summed E-state index contributed by atoms with van der Waals surface area (Å²) in [4.78, 5) is 16.1. The molecule has 0 saturated heterocycles. The van der Waals surface area contributed by atoms with E-state index in [0.717, 1.165) is 12.4 Å². The minimum atomic E-state index is -4.39. The van der Waals surface area contributed by atoms with Crippen LogP contribution < -0.4 is 21.5 Å². The normalized spacial score (nSPS) is 14.2. The van der Waals surface area contributed by atoms with Crippen LogP contribution in [0, 0.1) is 0 Å². The number of rotatable bonds is 6. The number of carbonyl (C=O) groups is 1. The third kappa shape index (κ3) is 4.92. The summed E-state index contributed by atoms with van der Waals surface area (Å²) in [5, 5.41) is 6.11. The molecule has 9 heteroatoms. The van der Waals surface area contributed by atoms with Crippen molar-refractivity contribution < 1.29 is 18.0 Å². The maximum absolute atomic E-state index is 12.0. The number of hydrazine groups is 1. The summed E-state index contributed by atoms with van der Waals surface area (Å²) in [7, 11) is 0. The summed E-state index contributed by atoms with van der Waals surface area (Å²) in [6.07, 6.45) is -4.39. The molecule has 22 heavy (non-hydrogen) atoms. The topological polar surface area (TPSA) is 77.6 Å². The van der Waals surface area contributed by atoms with Crippen LogP contribution in [-0.4, -0.2) is 44.1 Å². The SMILES string of the molecule is O=C(NNCC(F)(F)F)c1ccccc1NCC1=NCCN1. The molecule has 0 aromatic heterocycles. The van der Waals surface area contributed by atoms with Crippen LogP contribution in [0.5, 0.6) is 0 Å². The monoisotopic (exact) mass is 315 g/mol. The summed E-state index contributed by atoms with van der Waals surface area (Å²) >= 11 is 0. The zero-order chi connectivity index (χ0) is 16.0. The van der Waals surface area contributed by atoms with Crippen molar-refractivity contribution >= 4 is 17.4 Å². The number of amides is 1. The number of nitrogens with zero attached hydrogens (tertiary/aromatic N) is 1. The van der Waals surface area contributed by atoms with Gasteiger partial charge in [-0.2, -0.15) is 13.2 Å². The van der Waals surface area contributed by atoms with Gasteiger partial charge in [0.05, 0.1) is 18.7 Å². The van der Waals surface area contributed by atoms with E-state index in [9.17, 15) is 18.0 Å². The van der Waals surface area contributed by atoms with Gasteiger partial charge in [0.25, 0.3) is 5.91 Å². The van der Waals surface area contributed by atoms with Crippen molar-refractivity contribution in [3.8, 4) is 0 Å². The van der Waals surface area contributed by atoms with Crippen molar-refractivity contribution in [2.75, 3.05) is 31.5 Å². The first-order valence-corrected chi connectivity index (χ1v) is 6.66. The number of alkyl halides is 3. The molecule has 1 aliphatic rings. The fourth-order valence-electron chi connectivity index (χ4n) is 1.87. The standard InChI is InChI=1S/C13H16F3N5O/c14-13(15,16)8-20-21-12(22)9-3-1-2-4-10(9)19-7-11-17-5-6-18-11/h1-4,19-20H,5-8H2,(H,17,18)(H,21,22). The van der Waals surface area contributed by atoms with E-state index in [4.69, 9.17) is 0 Å². The van der Waals surface area contributed by atoms with Gasteiger partial charge >= 0.3 is 6.18 Å². The highest BCUT2D eigenvalue weighted by molar-refractivity contribution is 6.00. The fraction of sp³-hybridized carbons (Fsp3) is 0.385. The fourth-order valence-corrected chi connectivity index (χ4v) is 1.87. The van der Waals surface area contributed by atoms with Gasteiger partial charge in [-0.05, 0) is 12.1 Å². The summed E-state index contributed by atoms with van der Waals surface area (Å²) < 4.78 is 36.1. The van der Waals surface area contributed by atoms with E-state index < -0.39 is 18.6 Å². The van der Waals surface area contributed by atoms with E-state index >= 15 is 0 Å². The third-order valence-corrected chi connectivity index (χ3v) is 2.85. The Morgan fingerprint density at radius 2 is 2.09 bits per heavy atom. The molecule has 0 unspecified atom stereocenters. The van der Waals surface area contributed by atoms with Crippen LogP contribution in [0.1, 0.15) is 10.4 Å². The van der Waals surface area contributed by atoms with Crippen LogP contribution in [0.3, 0.4) is 0 Å². The van der Waals surface area contributed by atoms with Gasteiger partial charge in [-0.1, -0.05) is 12.1 Å². The molecule has 1 aromatic carbocycles. The Morgan fingerprint density at radius 3 is 2.77 bits per heavy atom. The number of aliphatic imine (C=N–C) groups is 1. The molecule has 6 nitrogen and oxygen atoms in total. The molecular formula is C13H16F3N5O. The Kier molecular flexibility index (Phi) is 5.21. The van der Waals surface area contributed by atoms with Crippen LogP contribution in [0.25, 0.3) is 0 Å². The lowest BCUT2D eigenvalue weighted by atomic mass is 10.1. The zero-order valence-electron chi connectivity index (χ0n) is 11.6. The van der Waals surface area contributed by atoms with E-state index in [-0.39, 0.29) is 5.56 Å². The Morgan fingerprint density at radius 1 is 1.32 bits per heavy atom. The highest BCUT2D eigenvalue weighted by Gasteiger charge is 2.26. The van der Waals surface area contributed by atoms with Crippen molar-refractivity contribution in [1.29, 1.82) is 0 Å². The molecule has 4 N–H and O–H groups in total. The molecule has 1 aliphatic heterocycles. The van der Waals surface area contributed by atoms with E-state index in [1.807, 2.05) is 10.9 Å². The molecular weight excluding hydrogens is 299 g/mol. The number of anilines is 1. The quantitative estimate of drug-likeness (QED) is 0.588. The van der Waals surface area contributed by atoms with Crippen LogP contribution >= 0.6 is 0 Å². The van der Waals surface area contributed by atoms with Gasteiger partial charge in [-0.25, -0.2) is 5.43 Å². The first-order valence-electron chi connectivity index (χ1n) is 6.66. The van der Waals surface area contributed by atoms with E-state index in [1.165, 1.54) is 6.07 Å². The van der Waals surface area contributed by atoms with Crippen molar-refractivity contribution in [3.05, 3.63) is 29.8 Å². The Hall–Kier alpha value is -2.29. The van der Waals surface area contributed by atoms with Crippen LogP contribution in [-0.2, 0) is 0 Å². The smallest absolute Gasteiger partial charge is 0.377 e. The van der Waals surface area contributed by atoms with E-state index in [1.54, 1.807) is 18.2 Å². The number of benzene rings is 1. The number of hydrogen-bond acceptors (Lipinski definition) is 5. The highest BCUT2D eigenvalue weighted by Crippen LogP contribution is 2.15. The first-order chi connectivity index (χ1) is 10.5. The summed E-state index contributed by atoms with van der Waals surface area (Å²) in [6.45, 7) is 0.607.